The maximum atomic E-state index is 12.2. The van der Waals surface area contributed by atoms with Gasteiger partial charge in [0.2, 0.25) is 9.70 Å². The maximum Gasteiger partial charge on any atom is 0.245 e. The number of hydrogen-bond donors (Lipinski definition) is 1. The Bertz CT molecular complexity index is 520. The van der Waals surface area contributed by atoms with Crippen molar-refractivity contribution in [1.29, 1.82) is 0 Å². The van der Waals surface area contributed by atoms with Crippen molar-refractivity contribution in [2.24, 2.45) is 0 Å². The molecule has 1 saturated heterocycles. The summed E-state index contributed by atoms with van der Waals surface area (Å²) in [5, 5.41) is 2.83. The highest BCUT2D eigenvalue weighted by Crippen LogP contribution is 2.33. The van der Waals surface area contributed by atoms with Crippen LogP contribution < -0.4 is 5.32 Å². The second-order valence-electron chi connectivity index (χ2n) is 5.65. The number of likely N-dealkylation sites (tertiary alicyclic amines) is 1. The lowest BCUT2D eigenvalue weighted by atomic mass is 10.2. The van der Waals surface area contributed by atoms with Gasteiger partial charge in [-0.3, -0.25) is 9.69 Å². The van der Waals surface area contributed by atoms with Gasteiger partial charge in [0, 0.05) is 19.2 Å². The van der Waals surface area contributed by atoms with Gasteiger partial charge >= 0.3 is 0 Å². The Hall–Kier alpha value is -0.740. The second kappa shape index (κ2) is 8.93. The Kier molecular flexibility index (Phi) is 7.22. The van der Waals surface area contributed by atoms with Crippen molar-refractivity contribution in [3.05, 3.63) is 42.0 Å². The minimum atomic E-state index is -1.57. The van der Waals surface area contributed by atoms with Gasteiger partial charge in [0.15, 0.2) is 0 Å². The molecule has 2 rings (SSSR count). The Morgan fingerprint density at radius 2 is 1.70 bits per heavy atom. The largest absolute Gasteiger partial charge is 0.333 e. The molecule has 0 aromatic heterocycles. The van der Waals surface area contributed by atoms with Crippen molar-refractivity contribution in [3.63, 3.8) is 0 Å². The number of rotatable bonds is 4. The molecule has 1 fully saturated rings. The predicted octanol–water partition coefficient (Wildman–Crippen LogP) is 4.39. The molecule has 126 valence electrons. The van der Waals surface area contributed by atoms with Gasteiger partial charge in [-0.25, -0.2) is 0 Å². The van der Waals surface area contributed by atoms with E-state index in [9.17, 15) is 4.79 Å². The minimum Gasteiger partial charge on any atom is -0.333 e. The lowest BCUT2D eigenvalue weighted by Gasteiger charge is -2.35. The molecule has 6 heteroatoms. The van der Waals surface area contributed by atoms with Crippen LogP contribution in [-0.4, -0.2) is 33.9 Å². The van der Waals surface area contributed by atoms with E-state index in [0.29, 0.717) is 0 Å². The highest BCUT2D eigenvalue weighted by atomic mass is 35.6. The molecule has 1 aliphatic rings. The molecule has 1 aromatic carbocycles. The van der Waals surface area contributed by atoms with Crippen LogP contribution in [0.1, 0.15) is 31.2 Å². The van der Waals surface area contributed by atoms with Gasteiger partial charge in [-0.2, -0.15) is 0 Å². The Labute approximate surface area is 152 Å². The zero-order chi connectivity index (χ0) is 16.7. The summed E-state index contributed by atoms with van der Waals surface area (Å²) >= 11 is 18.3. The highest BCUT2D eigenvalue weighted by Gasteiger charge is 2.38. The number of nitrogens with one attached hydrogen (secondary N) is 1. The van der Waals surface area contributed by atoms with Crippen LogP contribution in [0.4, 0.5) is 0 Å². The van der Waals surface area contributed by atoms with Crippen LogP contribution in [-0.2, 0) is 4.79 Å². The van der Waals surface area contributed by atoms with Crippen molar-refractivity contribution in [2.45, 2.75) is 35.6 Å². The van der Waals surface area contributed by atoms with Gasteiger partial charge in [0.05, 0.1) is 0 Å². The summed E-state index contributed by atoms with van der Waals surface area (Å²) in [6.45, 7) is 1.64. The molecule has 1 amide bonds. The highest BCUT2D eigenvalue weighted by molar-refractivity contribution is 6.68. The average Bonchev–Trinajstić information content (AvgIpc) is 2.79. The van der Waals surface area contributed by atoms with Crippen LogP contribution in [0.2, 0.25) is 0 Å². The van der Waals surface area contributed by atoms with Crippen molar-refractivity contribution >= 4 is 46.8 Å². The second-order valence-corrected chi connectivity index (χ2v) is 8.02. The molecule has 23 heavy (non-hydrogen) atoms. The first-order chi connectivity index (χ1) is 11.0. The van der Waals surface area contributed by atoms with E-state index in [2.05, 4.69) is 5.32 Å². The van der Waals surface area contributed by atoms with Crippen molar-refractivity contribution in [1.82, 2.24) is 10.2 Å². The Morgan fingerprint density at radius 3 is 2.26 bits per heavy atom. The molecular formula is C17H21Cl3N2O. The van der Waals surface area contributed by atoms with Gasteiger partial charge in [-0.15, -0.1) is 0 Å². The number of hydrogen-bond acceptors (Lipinski definition) is 2. The van der Waals surface area contributed by atoms with Gasteiger partial charge in [0.25, 0.3) is 0 Å². The number of nitrogens with zero attached hydrogens (tertiary/aromatic N) is 1. The third kappa shape index (κ3) is 6.34. The first-order valence-corrected chi connectivity index (χ1v) is 8.94. The molecule has 1 aromatic rings. The van der Waals surface area contributed by atoms with Crippen LogP contribution in [0.15, 0.2) is 36.4 Å². The number of benzene rings is 1. The summed E-state index contributed by atoms with van der Waals surface area (Å²) in [6, 6.07) is 9.60. The summed E-state index contributed by atoms with van der Waals surface area (Å²) in [7, 11) is 0. The standard InChI is InChI=1S/C17H21Cl3N2O/c18-17(19,20)16(22-12-6-1-2-7-13-22)21-15(23)11-10-14-8-4-3-5-9-14/h3-5,8-11,16H,1-2,6-7,12-13H2,(H,21,23)/b11-10-. The Morgan fingerprint density at radius 1 is 1.09 bits per heavy atom. The van der Waals surface area contributed by atoms with Crippen molar-refractivity contribution < 1.29 is 4.79 Å². The molecule has 1 aliphatic heterocycles. The zero-order valence-corrected chi connectivity index (χ0v) is 15.1. The van der Waals surface area contributed by atoms with Gasteiger partial charge in [-0.05, 0) is 24.5 Å². The molecule has 0 saturated carbocycles. The fourth-order valence-corrected chi connectivity index (χ4v) is 3.23. The lowest BCUT2D eigenvalue weighted by Crippen LogP contribution is -2.55. The molecule has 3 nitrogen and oxygen atoms in total. The fourth-order valence-electron chi connectivity index (χ4n) is 2.65. The summed E-state index contributed by atoms with van der Waals surface area (Å²) in [5.41, 5.74) is 0.947. The summed E-state index contributed by atoms with van der Waals surface area (Å²) in [4.78, 5) is 14.3. The molecule has 0 aliphatic carbocycles. The van der Waals surface area contributed by atoms with Gasteiger partial charge in [-0.1, -0.05) is 78.0 Å². The SMILES string of the molecule is O=C(/C=C\c1ccccc1)NC(N1CCCCCC1)C(Cl)(Cl)Cl. The van der Waals surface area contributed by atoms with Crippen molar-refractivity contribution in [3.8, 4) is 0 Å². The van der Waals surface area contributed by atoms with Crippen LogP contribution in [0.5, 0.6) is 0 Å². The third-order valence-corrected chi connectivity index (χ3v) is 4.44. The smallest absolute Gasteiger partial charge is 0.245 e. The molecule has 1 unspecified atom stereocenters. The summed E-state index contributed by atoms with van der Waals surface area (Å²) in [6.07, 6.45) is 7.03. The third-order valence-electron chi connectivity index (χ3n) is 3.82. The summed E-state index contributed by atoms with van der Waals surface area (Å²) < 4.78 is -1.57. The molecule has 1 atom stereocenters. The number of alkyl halides is 3. The lowest BCUT2D eigenvalue weighted by molar-refractivity contribution is -0.118. The van der Waals surface area contributed by atoms with E-state index in [1.54, 1.807) is 6.08 Å². The van der Waals surface area contributed by atoms with E-state index in [-0.39, 0.29) is 5.91 Å². The first kappa shape index (κ1) is 18.6. The van der Waals surface area contributed by atoms with Gasteiger partial charge < -0.3 is 5.32 Å². The Balaban J connectivity index is 2.02. The van der Waals surface area contributed by atoms with E-state index in [0.717, 1.165) is 31.5 Å². The topological polar surface area (TPSA) is 32.3 Å². The molecule has 0 radical (unpaired) electrons. The molecule has 0 spiro atoms. The number of carbonyl (C=O) groups excluding carboxylic acids is 1. The quantitative estimate of drug-likeness (QED) is 0.625. The van der Waals surface area contributed by atoms with Crippen LogP contribution in [0, 0.1) is 0 Å². The molecule has 1 heterocycles. The van der Waals surface area contributed by atoms with Gasteiger partial charge in [0.1, 0.15) is 6.17 Å². The monoisotopic (exact) mass is 374 g/mol. The normalized spacial score (nSPS) is 18.6. The van der Waals surface area contributed by atoms with E-state index >= 15 is 0 Å². The van der Waals surface area contributed by atoms with E-state index in [1.165, 1.54) is 18.9 Å². The zero-order valence-electron chi connectivity index (χ0n) is 12.9. The van der Waals surface area contributed by atoms with E-state index in [1.807, 2.05) is 35.2 Å². The average molecular weight is 376 g/mol. The molecule has 1 N–H and O–H groups in total. The first-order valence-electron chi connectivity index (χ1n) is 7.81. The van der Waals surface area contributed by atoms with Crippen LogP contribution in [0.3, 0.4) is 0 Å². The number of halogens is 3. The van der Waals surface area contributed by atoms with E-state index < -0.39 is 9.96 Å². The fraction of sp³-hybridized carbons (Fsp3) is 0.471. The number of amides is 1. The summed E-state index contributed by atoms with van der Waals surface area (Å²) in [5.74, 6) is -0.269. The van der Waals surface area contributed by atoms with E-state index in [4.69, 9.17) is 34.8 Å². The number of carbonyl (C=O) groups is 1. The van der Waals surface area contributed by atoms with Crippen molar-refractivity contribution in [2.75, 3.05) is 13.1 Å². The minimum absolute atomic E-state index is 0.269. The predicted molar refractivity (Wildman–Crippen MR) is 97.7 cm³/mol. The molecular weight excluding hydrogens is 355 g/mol. The van der Waals surface area contributed by atoms with Crippen LogP contribution in [0.25, 0.3) is 6.08 Å². The maximum absolute atomic E-state index is 12.2. The molecule has 0 bridgehead atoms. The van der Waals surface area contributed by atoms with Crippen LogP contribution >= 0.6 is 34.8 Å².